The van der Waals surface area contributed by atoms with Crippen LogP contribution in [0.5, 0.6) is 5.75 Å². The molecule has 0 saturated carbocycles. The molecule has 0 radical (unpaired) electrons. The molecule has 0 aromatic heterocycles. The van der Waals surface area contributed by atoms with Crippen LogP contribution in [-0.4, -0.2) is 32.8 Å². The largest absolute Gasteiger partial charge is 0.494 e. The molecule has 104 valence electrons. The van der Waals surface area contributed by atoms with Crippen molar-refractivity contribution in [2.45, 2.75) is 19.8 Å². The Hall–Kier alpha value is -1.71. The molecule has 2 rings (SSSR count). The van der Waals surface area contributed by atoms with Gasteiger partial charge in [-0.1, -0.05) is 0 Å². The number of esters is 1. The summed E-state index contributed by atoms with van der Waals surface area (Å²) in [4.78, 5) is 13.9. The number of rotatable bonds is 4. The van der Waals surface area contributed by atoms with E-state index < -0.39 is 0 Å². The fraction of sp³-hybridized carbons (Fsp3) is 0.533. The van der Waals surface area contributed by atoms with Gasteiger partial charge in [-0.3, -0.25) is 4.79 Å². The highest BCUT2D eigenvalue weighted by Crippen LogP contribution is 2.25. The number of nitrogens with zero attached hydrogens (tertiary/aromatic N) is 1. The Labute approximate surface area is 114 Å². The topological polar surface area (TPSA) is 38.8 Å². The van der Waals surface area contributed by atoms with E-state index in [4.69, 9.17) is 9.47 Å². The molecule has 0 bridgehead atoms. The summed E-state index contributed by atoms with van der Waals surface area (Å²) in [6.45, 7) is 4.37. The van der Waals surface area contributed by atoms with Gasteiger partial charge in [0.15, 0.2) is 0 Å². The normalized spacial score (nSPS) is 19.1. The van der Waals surface area contributed by atoms with Crippen molar-refractivity contribution in [3.63, 3.8) is 0 Å². The molecule has 1 aliphatic rings. The van der Waals surface area contributed by atoms with Crippen LogP contribution in [0.1, 0.15) is 19.8 Å². The first-order chi connectivity index (χ1) is 9.24. The highest BCUT2D eigenvalue weighted by Gasteiger charge is 2.26. The van der Waals surface area contributed by atoms with E-state index in [2.05, 4.69) is 4.90 Å². The molecule has 1 aromatic rings. The zero-order valence-corrected chi connectivity index (χ0v) is 11.6. The van der Waals surface area contributed by atoms with E-state index in [1.54, 1.807) is 0 Å². The van der Waals surface area contributed by atoms with Crippen molar-refractivity contribution in [2.24, 2.45) is 5.92 Å². The zero-order chi connectivity index (χ0) is 13.7. The molecule has 1 saturated heterocycles. The first-order valence-corrected chi connectivity index (χ1v) is 6.80. The average molecular weight is 263 g/mol. The minimum Gasteiger partial charge on any atom is -0.494 e. The van der Waals surface area contributed by atoms with Gasteiger partial charge in [0.1, 0.15) is 5.75 Å². The first-order valence-electron chi connectivity index (χ1n) is 6.80. The summed E-state index contributed by atoms with van der Waals surface area (Å²) in [6, 6.07) is 8.04. The fourth-order valence-electron chi connectivity index (χ4n) is 2.49. The van der Waals surface area contributed by atoms with Gasteiger partial charge in [0.2, 0.25) is 0 Å². The third-order valence-electron chi connectivity index (χ3n) is 3.47. The molecule has 1 atom stereocenters. The van der Waals surface area contributed by atoms with Crippen molar-refractivity contribution in [1.82, 2.24) is 0 Å². The number of piperidine rings is 1. The second-order valence-corrected chi connectivity index (χ2v) is 4.74. The van der Waals surface area contributed by atoms with Gasteiger partial charge < -0.3 is 14.4 Å². The molecule has 0 aliphatic carbocycles. The lowest BCUT2D eigenvalue weighted by molar-refractivity contribution is -0.145. The van der Waals surface area contributed by atoms with E-state index in [0.717, 1.165) is 37.4 Å². The van der Waals surface area contributed by atoms with Crippen LogP contribution in [0.25, 0.3) is 0 Å². The number of ether oxygens (including phenoxy) is 2. The lowest BCUT2D eigenvalue weighted by Gasteiger charge is -2.33. The summed E-state index contributed by atoms with van der Waals surface area (Å²) in [6.07, 6.45) is 1.94. The van der Waals surface area contributed by atoms with E-state index in [0.29, 0.717) is 6.61 Å². The molecule has 1 unspecified atom stereocenters. The van der Waals surface area contributed by atoms with Gasteiger partial charge in [0.05, 0.1) is 19.6 Å². The standard InChI is InChI=1S/C15H21NO3/c1-3-19-14-8-6-13(7-9-14)16-10-4-5-12(11-16)15(17)18-2/h6-9,12H,3-5,10-11H2,1-2H3. The van der Waals surface area contributed by atoms with Gasteiger partial charge >= 0.3 is 5.97 Å². The van der Waals surface area contributed by atoms with E-state index in [1.807, 2.05) is 31.2 Å². The van der Waals surface area contributed by atoms with Crippen molar-refractivity contribution in [2.75, 3.05) is 31.7 Å². The molecular weight excluding hydrogens is 242 g/mol. The van der Waals surface area contributed by atoms with Gasteiger partial charge in [0.25, 0.3) is 0 Å². The van der Waals surface area contributed by atoms with Crippen molar-refractivity contribution >= 4 is 11.7 Å². The van der Waals surface area contributed by atoms with Crippen LogP contribution in [0.2, 0.25) is 0 Å². The van der Waals surface area contributed by atoms with Crippen LogP contribution in [0, 0.1) is 5.92 Å². The van der Waals surface area contributed by atoms with E-state index in [-0.39, 0.29) is 11.9 Å². The van der Waals surface area contributed by atoms with Crippen LogP contribution in [0.4, 0.5) is 5.69 Å². The maximum absolute atomic E-state index is 11.6. The zero-order valence-electron chi connectivity index (χ0n) is 11.6. The highest BCUT2D eigenvalue weighted by molar-refractivity contribution is 5.73. The Balaban J connectivity index is 2.02. The van der Waals surface area contributed by atoms with Gasteiger partial charge in [-0.15, -0.1) is 0 Å². The predicted molar refractivity (Wildman–Crippen MR) is 74.6 cm³/mol. The Bertz CT molecular complexity index is 416. The quantitative estimate of drug-likeness (QED) is 0.782. The number of benzene rings is 1. The fourth-order valence-corrected chi connectivity index (χ4v) is 2.49. The van der Waals surface area contributed by atoms with Crippen LogP contribution < -0.4 is 9.64 Å². The van der Waals surface area contributed by atoms with Crippen molar-refractivity contribution in [1.29, 1.82) is 0 Å². The number of hydrogen-bond donors (Lipinski definition) is 0. The van der Waals surface area contributed by atoms with Crippen molar-refractivity contribution < 1.29 is 14.3 Å². The summed E-state index contributed by atoms with van der Waals surface area (Å²) in [5, 5.41) is 0. The average Bonchev–Trinajstić information content (AvgIpc) is 2.48. The summed E-state index contributed by atoms with van der Waals surface area (Å²) >= 11 is 0. The molecule has 4 nitrogen and oxygen atoms in total. The Morgan fingerprint density at radius 3 is 2.74 bits per heavy atom. The van der Waals surface area contributed by atoms with Crippen LogP contribution in [0.3, 0.4) is 0 Å². The molecule has 4 heteroatoms. The highest BCUT2D eigenvalue weighted by atomic mass is 16.5. The van der Waals surface area contributed by atoms with Crippen LogP contribution in [-0.2, 0) is 9.53 Å². The second kappa shape index (κ2) is 6.45. The summed E-state index contributed by atoms with van der Waals surface area (Å²) in [5.41, 5.74) is 1.14. The van der Waals surface area contributed by atoms with E-state index in [9.17, 15) is 4.79 Å². The third kappa shape index (κ3) is 3.40. The van der Waals surface area contributed by atoms with Crippen LogP contribution in [0.15, 0.2) is 24.3 Å². The summed E-state index contributed by atoms with van der Waals surface area (Å²) in [7, 11) is 1.46. The maximum Gasteiger partial charge on any atom is 0.310 e. The monoisotopic (exact) mass is 263 g/mol. The van der Waals surface area contributed by atoms with E-state index in [1.165, 1.54) is 7.11 Å². The minimum atomic E-state index is -0.101. The molecule has 1 aliphatic heterocycles. The summed E-state index contributed by atoms with van der Waals surface area (Å²) < 4.78 is 10.3. The van der Waals surface area contributed by atoms with Gasteiger partial charge in [0, 0.05) is 18.8 Å². The lowest BCUT2D eigenvalue weighted by Crippen LogP contribution is -2.39. The maximum atomic E-state index is 11.6. The molecule has 1 fully saturated rings. The third-order valence-corrected chi connectivity index (χ3v) is 3.47. The van der Waals surface area contributed by atoms with Gasteiger partial charge in [-0.25, -0.2) is 0 Å². The van der Waals surface area contributed by atoms with Gasteiger partial charge in [-0.05, 0) is 44.0 Å². The minimum absolute atomic E-state index is 0.00896. The number of hydrogen-bond acceptors (Lipinski definition) is 4. The SMILES string of the molecule is CCOc1ccc(N2CCCC(C(=O)OC)C2)cc1. The molecule has 0 N–H and O–H groups in total. The lowest BCUT2D eigenvalue weighted by atomic mass is 9.98. The Morgan fingerprint density at radius 2 is 2.11 bits per heavy atom. The van der Waals surface area contributed by atoms with Crippen LogP contribution >= 0.6 is 0 Å². The first kappa shape index (κ1) is 13.7. The molecule has 1 heterocycles. The number of carbonyl (C=O) groups excluding carboxylic acids is 1. The molecule has 1 aromatic carbocycles. The summed E-state index contributed by atoms with van der Waals surface area (Å²) in [5.74, 6) is 0.772. The molecule has 0 spiro atoms. The Kier molecular flexibility index (Phi) is 4.66. The molecule has 19 heavy (non-hydrogen) atoms. The second-order valence-electron chi connectivity index (χ2n) is 4.74. The predicted octanol–water partition coefficient (Wildman–Crippen LogP) is 2.47. The molecule has 0 amide bonds. The van der Waals surface area contributed by atoms with Gasteiger partial charge in [-0.2, -0.15) is 0 Å². The number of anilines is 1. The number of methoxy groups -OCH3 is 1. The Morgan fingerprint density at radius 1 is 1.37 bits per heavy atom. The molecular formula is C15H21NO3. The smallest absolute Gasteiger partial charge is 0.310 e. The van der Waals surface area contributed by atoms with Crippen molar-refractivity contribution in [3.8, 4) is 5.75 Å². The van der Waals surface area contributed by atoms with E-state index >= 15 is 0 Å². The van der Waals surface area contributed by atoms with Crippen molar-refractivity contribution in [3.05, 3.63) is 24.3 Å². The number of carbonyl (C=O) groups is 1.